The fourth-order valence-electron chi connectivity index (χ4n) is 4.12. The third-order valence-corrected chi connectivity index (χ3v) is 6.36. The molecule has 1 aromatic carbocycles. The Bertz CT molecular complexity index is 1180. The molecule has 5 atom stereocenters. The van der Waals surface area contributed by atoms with Gasteiger partial charge in [-0.1, -0.05) is 18.2 Å². The summed E-state index contributed by atoms with van der Waals surface area (Å²) < 4.78 is 0. The second-order valence-corrected chi connectivity index (χ2v) is 9.57. The van der Waals surface area contributed by atoms with Crippen LogP contribution in [0.15, 0.2) is 30.5 Å². The van der Waals surface area contributed by atoms with E-state index in [1.165, 1.54) is 6.92 Å². The van der Waals surface area contributed by atoms with E-state index in [1.807, 2.05) is 24.3 Å². The van der Waals surface area contributed by atoms with Crippen LogP contribution in [0.1, 0.15) is 44.6 Å². The second-order valence-electron chi connectivity index (χ2n) is 9.57. The Balaban J connectivity index is 2.10. The third kappa shape index (κ3) is 9.63. The first-order valence-electron chi connectivity index (χ1n) is 13.0. The number of aromatic amines is 1. The van der Waals surface area contributed by atoms with Gasteiger partial charge in [-0.2, -0.15) is 0 Å². The molecule has 0 aliphatic carbocycles. The molecular weight excluding hydrogens is 524 g/mol. The van der Waals surface area contributed by atoms with Crippen LogP contribution in [0.2, 0.25) is 0 Å². The molecule has 11 N–H and O–H groups in total. The van der Waals surface area contributed by atoms with E-state index in [1.54, 1.807) is 6.20 Å². The van der Waals surface area contributed by atoms with E-state index in [0.717, 1.165) is 16.5 Å². The number of carbonyl (C=O) groups is 5. The van der Waals surface area contributed by atoms with Gasteiger partial charge in [-0.15, -0.1) is 0 Å². The van der Waals surface area contributed by atoms with Crippen molar-refractivity contribution in [2.24, 2.45) is 11.5 Å². The standard InChI is InChI=1S/C26H38N6O8/c1-14(33)22(32-23(36)17(28)12-15-13-29-18-7-3-2-6-16(15)18)25(38)30-19(9-10-21(34)35)24(37)31-20(26(39)40)8-4-5-11-27/h2-3,6-7,13-14,17,19-20,22,29,33H,4-5,8-12,27-28H2,1H3,(H,30,38)(H,31,37)(H,32,36)(H,34,35)(H,39,40). The number of hydrogen-bond donors (Lipinski definition) is 9. The molecule has 0 radical (unpaired) electrons. The number of rotatable bonds is 17. The van der Waals surface area contributed by atoms with E-state index in [9.17, 15) is 34.2 Å². The summed E-state index contributed by atoms with van der Waals surface area (Å²) in [5, 5.41) is 36.6. The first kappa shape index (κ1) is 32.2. The van der Waals surface area contributed by atoms with Crippen molar-refractivity contribution in [2.45, 2.75) is 75.7 Å². The van der Waals surface area contributed by atoms with Crippen molar-refractivity contribution in [1.82, 2.24) is 20.9 Å². The van der Waals surface area contributed by atoms with Crippen LogP contribution < -0.4 is 27.4 Å². The lowest BCUT2D eigenvalue weighted by molar-refractivity contribution is -0.143. The number of unbranched alkanes of at least 4 members (excludes halogenated alkanes) is 1. The number of aliphatic carboxylic acids is 2. The highest BCUT2D eigenvalue weighted by Gasteiger charge is 2.32. The van der Waals surface area contributed by atoms with E-state index in [-0.39, 0.29) is 19.3 Å². The first-order chi connectivity index (χ1) is 18.9. The minimum Gasteiger partial charge on any atom is -0.481 e. The number of aliphatic hydroxyl groups excluding tert-OH is 1. The number of carbonyl (C=O) groups excluding carboxylic acids is 3. The van der Waals surface area contributed by atoms with Gasteiger partial charge in [-0.3, -0.25) is 19.2 Å². The van der Waals surface area contributed by atoms with E-state index in [0.29, 0.717) is 19.4 Å². The fraction of sp³-hybridized carbons (Fsp3) is 0.500. The van der Waals surface area contributed by atoms with Crippen LogP contribution in [-0.2, 0) is 30.4 Å². The molecule has 220 valence electrons. The van der Waals surface area contributed by atoms with Crippen molar-refractivity contribution in [1.29, 1.82) is 0 Å². The molecule has 0 fully saturated rings. The SMILES string of the molecule is CC(O)C(NC(=O)C(N)Cc1c[nH]c2ccccc12)C(=O)NC(CCC(=O)O)C(=O)NC(CCCCN)C(=O)O. The van der Waals surface area contributed by atoms with Crippen molar-refractivity contribution in [3.8, 4) is 0 Å². The van der Waals surface area contributed by atoms with Crippen LogP contribution in [-0.4, -0.2) is 86.8 Å². The monoisotopic (exact) mass is 562 g/mol. The number of hydrogen-bond acceptors (Lipinski definition) is 8. The molecule has 2 aromatic rings. The van der Waals surface area contributed by atoms with Gasteiger partial charge in [0.1, 0.15) is 18.1 Å². The molecule has 1 heterocycles. The van der Waals surface area contributed by atoms with Crippen molar-refractivity contribution >= 4 is 40.6 Å². The van der Waals surface area contributed by atoms with E-state index in [4.69, 9.17) is 16.6 Å². The largest absolute Gasteiger partial charge is 0.481 e. The number of aliphatic hydroxyl groups is 1. The smallest absolute Gasteiger partial charge is 0.326 e. The normalized spacial score (nSPS) is 14.9. The highest BCUT2D eigenvalue weighted by molar-refractivity contribution is 5.95. The average molecular weight is 563 g/mol. The van der Waals surface area contributed by atoms with Crippen LogP contribution in [0.3, 0.4) is 0 Å². The van der Waals surface area contributed by atoms with Gasteiger partial charge >= 0.3 is 11.9 Å². The Kier molecular flexibility index (Phi) is 12.5. The molecule has 5 unspecified atom stereocenters. The summed E-state index contributed by atoms with van der Waals surface area (Å²) in [6.07, 6.45) is 0.629. The summed E-state index contributed by atoms with van der Waals surface area (Å²) in [5.41, 5.74) is 13.1. The molecule has 1 aromatic heterocycles. The lowest BCUT2D eigenvalue weighted by Gasteiger charge is -2.26. The second kappa shape index (κ2) is 15.5. The molecule has 0 aliphatic heterocycles. The lowest BCUT2D eigenvalue weighted by Crippen LogP contribution is -2.60. The van der Waals surface area contributed by atoms with Crippen molar-refractivity contribution in [3.05, 3.63) is 36.0 Å². The zero-order chi connectivity index (χ0) is 29.8. The minimum absolute atomic E-state index is 0.0819. The fourth-order valence-corrected chi connectivity index (χ4v) is 4.12. The third-order valence-electron chi connectivity index (χ3n) is 6.36. The summed E-state index contributed by atoms with van der Waals surface area (Å²) in [7, 11) is 0. The molecule has 2 rings (SSSR count). The molecule has 14 heteroatoms. The van der Waals surface area contributed by atoms with Crippen molar-refractivity contribution < 1.29 is 39.3 Å². The molecular formula is C26H38N6O8. The molecule has 0 aliphatic rings. The number of H-pyrrole nitrogens is 1. The summed E-state index contributed by atoms with van der Waals surface area (Å²) in [4.78, 5) is 64.5. The number of para-hydroxylation sites is 1. The molecule has 0 saturated carbocycles. The highest BCUT2D eigenvalue weighted by atomic mass is 16.4. The molecule has 0 saturated heterocycles. The van der Waals surface area contributed by atoms with Crippen LogP contribution >= 0.6 is 0 Å². The Morgan fingerprint density at radius 2 is 1.60 bits per heavy atom. The maximum Gasteiger partial charge on any atom is 0.326 e. The van der Waals surface area contributed by atoms with E-state index in [2.05, 4.69) is 20.9 Å². The van der Waals surface area contributed by atoms with Crippen LogP contribution in [0, 0.1) is 0 Å². The number of amides is 3. The number of carboxylic acid groups (broad SMARTS) is 2. The first-order valence-corrected chi connectivity index (χ1v) is 13.0. The highest BCUT2D eigenvalue weighted by Crippen LogP contribution is 2.19. The van der Waals surface area contributed by atoms with Crippen LogP contribution in [0.5, 0.6) is 0 Å². The number of nitrogens with two attached hydrogens (primary N) is 2. The van der Waals surface area contributed by atoms with Gasteiger partial charge < -0.3 is 47.7 Å². The van der Waals surface area contributed by atoms with Gasteiger partial charge in [0.05, 0.1) is 12.1 Å². The van der Waals surface area contributed by atoms with Crippen molar-refractivity contribution in [2.75, 3.05) is 6.54 Å². The zero-order valence-corrected chi connectivity index (χ0v) is 22.3. The number of carboxylic acids is 2. The predicted octanol–water partition coefficient (Wildman–Crippen LogP) is -1.05. The zero-order valence-electron chi connectivity index (χ0n) is 22.3. The lowest BCUT2D eigenvalue weighted by atomic mass is 10.0. The Morgan fingerprint density at radius 1 is 0.925 bits per heavy atom. The Labute approximate surface area is 230 Å². The van der Waals surface area contributed by atoms with Gasteiger partial charge in [0.25, 0.3) is 0 Å². The number of fused-ring (bicyclic) bond motifs is 1. The molecule has 3 amide bonds. The Hall–Kier alpha value is -4.01. The summed E-state index contributed by atoms with van der Waals surface area (Å²) in [6.45, 7) is 1.59. The van der Waals surface area contributed by atoms with Crippen LogP contribution in [0.4, 0.5) is 0 Å². The maximum absolute atomic E-state index is 13.0. The average Bonchev–Trinajstić information content (AvgIpc) is 3.30. The van der Waals surface area contributed by atoms with Crippen LogP contribution in [0.25, 0.3) is 10.9 Å². The minimum atomic E-state index is -1.53. The van der Waals surface area contributed by atoms with Gasteiger partial charge in [-0.25, -0.2) is 4.79 Å². The summed E-state index contributed by atoms with van der Waals surface area (Å²) >= 11 is 0. The van der Waals surface area contributed by atoms with Gasteiger partial charge in [-0.05, 0) is 57.2 Å². The van der Waals surface area contributed by atoms with Gasteiger partial charge in [0, 0.05) is 23.5 Å². The number of benzene rings is 1. The van der Waals surface area contributed by atoms with Gasteiger partial charge in [0.15, 0.2) is 0 Å². The number of aromatic nitrogens is 1. The van der Waals surface area contributed by atoms with E-state index >= 15 is 0 Å². The molecule has 40 heavy (non-hydrogen) atoms. The summed E-state index contributed by atoms with van der Waals surface area (Å²) in [6, 6.07) is 2.10. The topological polar surface area (TPSA) is 250 Å². The maximum atomic E-state index is 13.0. The van der Waals surface area contributed by atoms with Crippen molar-refractivity contribution in [3.63, 3.8) is 0 Å². The predicted molar refractivity (Wildman–Crippen MR) is 145 cm³/mol. The number of nitrogens with one attached hydrogen (secondary N) is 4. The van der Waals surface area contributed by atoms with Gasteiger partial charge in [0.2, 0.25) is 17.7 Å². The summed E-state index contributed by atoms with van der Waals surface area (Å²) in [5.74, 6) is -5.16. The quantitative estimate of drug-likeness (QED) is 0.106. The Morgan fingerprint density at radius 3 is 2.23 bits per heavy atom. The van der Waals surface area contributed by atoms with E-state index < -0.39 is 66.4 Å². The molecule has 0 spiro atoms. The molecule has 14 nitrogen and oxygen atoms in total. The molecule has 0 bridgehead atoms.